The molecule has 0 radical (unpaired) electrons. The van der Waals surface area contributed by atoms with E-state index in [2.05, 4.69) is 16.0 Å². The number of nitrogens with zero attached hydrogens (tertiary/aromatic N) is 3. The van der Waals surface area contributed by atoms with Crippen LogP contribution in [-0.2, 0) is 16.6 Å². The molecular formula is C16H25N3O2S. The third-order valence-corrected chi connectivity index (χ3v) is 7.06. The molecule has 0 aromatic carbocycles. The summed E-state index contributed by atoms with van der Waals surface area (Å²) in [6.07, 6.45) is 7.55. The molecule has 2 fully saturated rings. The second-order valence-electron chi connectivity index (χ2n) is 6.61. The van der Waals surface area contributed by atoms with Gasteiger partial charge in [-0.05, 0) is 56.3 Å². The number of rotatable bonds is 6. The highest BCUT2D eigenvalue weighted by molar-refractivity contribution is 7.90. The van der Waals surface area contributed by atoms with Crippen molar-refractivity contribution in [2.75, 3.05) is 26.7 Å². The van der Waals surface area contributed by atoms with Crippen molar-refractivity contribution in [1.29, 1.82) is 0 Å². The van der Waals surface area contributed by atoms with Crippen LogP contribution in [0.3, 0.4) is 0 Å². The van der Waals surface area contributed by atoms with Crippen LogP contribution in [0.5, 0.6) is 0 Å². The quantitative estimate of drug-likeness (QED) is 0.800. The van der Waals surface area contributed by atoms with Gasteiger partial charge in [-0.3, -0.25) is 9.88 Å². The summed E-state index contributed by atoms with van der Waals surface area (Å²) in [5.74, 6) is 0.490. The molecule has 1 aromatic heterocycles. The molecule has 0 N–H and O–H groups in total. The van der Waals surface area contributed by atoms with Crippen LogP contribution >= 0.6 is 0 Å². The highest BCUT2D eigenvalue weighted by Gasteiger charge is 2.39. The van der Waals surface area contributed by atoms with Gasteiger partial charge >= 0.3 is 0 Å². The first-order valence-corrected chi connectivity index (χ1v) is 9.62. The molecule has 6 heteroatoms. The van der Waals surface area contributed by atoms with E-state index in [1.807, 2.05) is 12.3 Å². The summed E-state index contributed by atoms with van der Waals surface area (Å²) in [6, 6.07) is 4.08. The maximum absolute atomic E-state index is 12.2. The molecule has 1 aliphatic carbocycles. The van der Waals surface area contributed by atoms with E-state index in [1.54, 1.807) is 17.5 Å². The Morgan fingerprint density at radius 3 is 2.59 bits per heavy atom. The van der Waals surface area contributed by atoms with Crippen LogP contribution in [0, 0.1) is 5.92 Å². The molecule has 0 atom stereocenters. The molecule has 2 aliphatic rings. The average Bonchev–Trinajstić information content (AvgIpc) is 3.35. The highest BCUT2D eigenvalue weighted by atomic mass is 32.2. The third kappa shape index (κ3) is 3.86. The van der Waals surface area contributed by atoms with E-state index < -0.39 is 10.0 Å². The zero-order valence-electron chi connectivity index (χ0n) is 13.2. The van der Waals surface area contributed by atoms with Gasteiger partial charge in [-0.25, -0.2) is 12.7 Å². The Bertz CT molecular complexity index is 579. The first-order valence-electron chi connectivity index (χ1n) is 8.12. The lowest BCUT2D eigenvalue weighted by molar-refractivity contribution is 0.166. The Morgan fingerprint density at radius 1 is 1.27 bits per heavy atom. The van der Waals surface area contributed by atoms with E-state index in [4.69, 9.17) is 0 Å². The predicted molar refractivity (Wildman–Crippen MR) is 86.8 cm³/mol. The van der Waals surface area contributed by atoms with Crippen LogP contribution in [0.1, 0.15) is 31.2 Å². The molecule has 5 nitrogen and oxygen atoms in total. The second kappa shape index (κ2) is 6.64. The van der Waals surface area contributed by atoms with Crippen molar-refractivity contribution < 1.29 is 8.42 Å². The van der Waals surface area contributed by atoms with Crippen LogP contribution in [-0.4, -0.2) is 54.5 Å². The van der Waals surface area contributed by atoms with E-state index in [-0.39, 0.29) is 5.25 Å². The van der Waals surface area contributed by atoms with Crippen LogP contribution in [0.4, 0.5) is 0 Å². The first-order chi connectivity index (χ1) is 10.6. The molecule has 1 saturated carbocycles. The standard InChI is InChI=1S/C16H25N3O2S/c1-18(22(20,21)16-4-5-16)12-14-6-9-19(10-7-14)13-15-3-2-8-17-11-15/h2-3,8,11,14,16H,4-7,9-10,12-13H2,1H3. The van der Waals surface area contributed by atoms with Gasteiger partial charge in [0, 0.05) is 32.5 Å². The summed E-state index contributed by atoms with van der Waals surface area (Å²) in [6.45, 7) is 3.70. The van der Waals surface area contributed by atoms with Crippen LogP contribution in [0.15, 0.2) is 24.5 Å². The van der Waals surface area contributed by atoms with Gasteiger partial charge in [-0.2, -0.15) is 0 Å². The maximum Gasteiger partial charge on any atom is 0.216 e. The van der Waals surface area contributed by atoms with Gasteiger partial charge < -0.3 is 0 Å². The van der Waals surface area contributed by atoms with Crippen molar-refractivity contribution in [2.24, 2.45) is 5.92 Å². The lowest BCUT2D eigenvalue weighted by atomic mass is 9.96. The average molecular weight is 323 g/mol. The largest absolute Gasteiger partial charge is 0.299 e. The smallest absolute Gasteiger partial charge is 0.216 e. The molecule has 0 bridgehead atoms. The number of likely N-dealkylation sites (tertiary alicyclic amines) is 1. The normalized spacial score (nSPS) is 21.4. The summed E-state index contributed by atoms with van der Waals surface area (Å²) < 4.78 is 26.0. The van der Waals surface area contributed by atoms with Crippen molar-refractivity contribution in [2.45, 2.75) is 37.5 Å². The number of pyridine rings is 1. The zero-order valence-corrected chi connectivity index (χ0v) is 14.0. The number of aromatic nitrogens is 1. The molecule has 1 aliphatic heterocycles. The minimum Gasteiger partial charge on any atom is -0.299 e. The molecule has 1 aromatic rings. The monoisotopic (exact) mass is 323 g/mol. The van der Waals surface area contributed by atoms with Crippen molar-refractivity contribution >= 4 is 10.0 Å². The maximum atomic E-state index is 12.2. The first kappa shape index (κ1) is 15.9. The summed E-state index contributed by atoms with van der Waals surface area (Å²) in [4.78, 5) is 6.59. The highest BCUT2D eigenvalue weighted by Crippen LogP contribution is 2.31. The summed E-state index contributed by atoms with van der Waals surface area (Å²) in [5, 5.41) is -0.0943. The van der Waals surface area contributed by atoms with Gasteiger partial charge in [0.05, 0.1) is 5.25 Å². The van der Waals surface area contributed by atoms with Gasteiger partial charge in [0.1, 0.15) is 0 Å². The molecule has 22 heavy (non-hydrogen) atoms. The van der Waals surface area contributed by atoms with Gasteiger partial charge in [0.2, 0.25) is 10.0 Å². The molecule has 0 amide bonds. The van der Waals surface area contributed by atoms with Crippen LogP contribution < -0.4 is 0 Å². The molecule has 3 rings (SSSR count). The number of hydrogen-bond donors (Lipinski definition) is 0. The number of piperidine rings is 1. The van der Waals surface area contributed by atoms with Crippen LogP contribution in [0.25, 0.3) is 0 Å². The van der Waals surface area contributed by atoms with Gasteiger partial charge in [0.25, 0.3) is 0 Å². The molecule has 0 spiro atoms. The topological polar surface area (TPSA) is 53.5 Å². The van der Waals surface area contributed by atoms with Crippen molar-refractivity contribution in [3.8, 4) is 0 Å². The Hall–Kier alpha value is -0.980. The summed E-state index contributed by atoms with van der Waals surface area (Å²) >= 11 is 0. The molecular weight excluding hydrogens is 298 g/mol. The van der Waals surface area contributed by atoms with Crippen molar-refractivity contribution in [3.63, 3.8) is 0 Å². The number of sulfonamides is 1. The predicted octanol–water partition coefficient (Wildman–Crippen LogP) is 1.72. The van der Waals surface area contributed by atoms with Crippen molar-refractivity contribution in [3.05, 3.63) is 30.1 Å². The summed E-state index contributed by atoms with van der Waals surface area (Å²) in [7, 11) is -1.27. The fraction of sp³-hybridized carbons (Fsp3) is 0.688. The lowest BCUT2D eigenvalue weighted by Gasteiger charge is -2.33. The van der Waals surface area contributed by atoms with Gasteiger partial charge in [0.15, 0.2) is 0 Å². The SMILES string of the molecule is CN(CC1CCN(Cc2cccnc2)CC1)S(=O)(=O)C1CC1. The lowest BCUT2D eigenvalue weighted by Crippen LogP contribution is -2.40. The van der Waals surface area contributed by atoms with Gasteiger partial charge in [-0.1, -0.05) is 6.07 Å². The Kier molecular flexibility index (Phi) is 4.80. The fourth-order valence-corrected chi connectivity index (χ4v) is 4.82. The second-order valence-corrected chi connectivity index (χ2v) is 8.93. The van der Waals surface area contributed by atoms with Crippen LogP contribution in [0.2, 0.25) is 0 Å². The summed E-state index contributed by atoms with van der Waals surface area (Å²) in [5.41, 5.74) is 1.24. The Morgan fingerprint density at radius 2 is 2.00 bits per heavy atom. The zero-order chi connectivity index (χ0) is 15.6. The van der Waals surface area contributed by atoms with Gasteiger partial charge in [-0.15, -0.1) is 0 Å². The minimum atomic E-state index is -3.02. The molecule has 0 unspecified atom stereocenters. The van der Waals surface area contributed by atoms with E-state index in [1.165, 1.54) is 5.56 Å². The van der Waals surface area contributed by atoms with E-state index in [9.17, 15) is 8.42 Å². The minimum absolute atomic E-state index is 0.0943. The van der Waals surface area contributed by atoms with E-state index >= 15 is 0 Å². The fourth-order valence-electron chi connectivity index (χ4n) is 3.16. The third-order valence-electron chi connectivity index (χ3n) is 4.73. The number of hydrogen-bond acceptors (Lipinski definition) is 4. The van der Waals surface area contributed by atoms with E-state index in [0.29, 0.717) is 12.5 Å². The molecule has 122 valence electrons. The Balaban J connectivity index is 1.45. The Labute approximate surface area is 133 Å². The molecule has 1 saturated heterocycles. The van der Waals surface area contributed by atoms with Crippen molar-refractivity contribution in [1.82, 2.24) is 14.2 Å². The molecule has 2 heterocycles. The van der Waals surface area contributed by atoms with E-state index in [0.717, 1.165) is 45.3 Å².